The number of benzene rings is 2. The van der Waals surface area contributed by atoms with Gasteiger partial charge in [-0.05, 0) is 49.1 Å². The maximum absolute atomic E-state index is 14.2. The van der Waals surface area contributed by atoms with E-state index in [1.165, 1.54) is 0 Å². The molecule has 172 valence electrons. The summed E-state index contributed by atoms with van der Waals surface area (Å²) in [7, 11) is 0. The highest BCUT2D eigenvalue weighted by Crippen LogP contribution is 2.41. The van der Waals surface area contributed by atoms with Gasteiger partial charge in [0, 0.05) is 22.8 Å². The monoisotopic (exact) mass is 454 g/mol. The molecule has 0 saturated carbocycles. The van der Waals surface area contributed by atoms with Gasteiger partial charge in [0.25, 0.3) is 0 Å². The van der Waals surface area contributed by atoms with Gasteiger partial charge in [-0.25, -0.2) is 4.98 Å². The van der Waals surface area contributed by atoms with Gasteiger partial charge >= 0.3 is 6.18 Å². The molecule has 2 N–H and O–H groups in total. The molecule has 0 amide bonds. The predicted octanol–water partition coefficient (Wildman–Crippen LogP) is 7.49. The lowest BCUT2D eigenvalue weighted by molar-refractivity contribution is -0.139. The third-order valence-electron chi connectivity index (χ3n) is 5.22. The Labute approximate surface area is 190 Å². The number of alkyl halides is 3. The SMILES string of the molecule is CC(C)CCCc1nc(Nc2ccccc2)nc(Oc2cccc3[nH]ccc23)c1C(F)(F)F. The Morgan fingerprint density at radius 2 is 1.79 bits per heavy atom. The second-order valence-corrected chi connectivity index (χ2v) is 8.25. The van der Waals surface area contributed by atoms with Crippen LogP contribution in [0.3, 0.4) is 0 Å². The highest BCUT2D eigenvalue weighted by Gasteiger charge is 2.40. The van der Waals surface area contributed by atoms with Crippen molar-refractivity contribution in [3.8, 4) is 11.6 Å². The van der Waals surface area contributed by atoms with E-state index in [-0.39, 0.29) is 23.8 Å². The zero-order valence-electron chi connectivity index (χ0n) is 18.4. The van der Waals surface area contributed by atoms with Crippen LogP contribution in [-0.2, 0) is 12.6 Å². The fourth-order valence-corrected chi connectivity index (χ4v) is 3.66. The van der Waals surface area contributed by atoms with Crippen molar-refractivity contribution >= 4 is 22.5 Å². The lowest BCUT2D eigenvalue weighted by Gasteiger charge is -2.18. The topological polar surface area (TPSA) is 62.8 Å². The number of aryl methyl sites for hydroxylation is 1. The van der Waals surface area contributed by atoms with Crippen molar-refractivity contribution < 1.29 is 17.9 Å². The minimum absolute atomic E-state index is 0.0602. The average Bonchev–Trinajstić information content (AvgIpc) is 3.23. The summed E-state index contributed by atoms with van der Waals surface area (Å²) in [4.78, 5) is 11.4. The maximum atomic E-state index is 14.2. The number of hydrogen-bond donors (Lipinski definition) is 2. The minimum atomic E-state index is -4.67. The van der Waals surface area contributed by atoms with Crippen molar-refractivity contribution in [2.75, 3.05) is 5.32 Å². The van der Waals surface area contributed by atoms with Gasteiger partial charge in [0.2, 0.25) is 11.8 Å². The number of H-pyrrole nitrogens is 1. The highest BCUT2D eigenvalue weighted by atomic mass is 19.4. The van der Waals surface area contributed by atoms with Gasteiger partial charge in [-0.2, -0.15) is 18.2 Å². The normalized spacial score (nSPS) is 11.8. The van der Waals surface area contributed by atoms with Gasteiger partial charge in [-0.3, -0.25) is 0 Å². The molecule has 4 aromatic rings. The molecule has 2 heterocycles. The summed E-state index contributed by atoms with van der Waals surface area (Å²) in [6.07, 6.45) is -1.41. The molecule has 8 heteroatoms. The number of aromatic amines is 1. The summed E-state index contributed by atoms with van der Waals surface area (Å²) >= 11 is 0. The molecule has 0 aliphatic rings. The molecular weight excluding hydrogens is 429 g/mol. The molecule has 0 unspecified atom stereocenters. The molecule has 0 aliphatic carbocycles. The molecule has 2 aromatic heterocycles. The van der Waals surface area contributed by atoms with Gasteiger partial charge in [0.1, 0.15) is 11.3 Å². The summed E-state index contributed by atoms with van der Waals surface area (Å²) in [6, 6.07) is 16.0. The molecule has 0 bridgehead atoms. The summed E-state index contributed by atoms with van der Waals surface area (Å²) in [5.74, 6) is 0.218. The fourth-order valence-electron chi connectivity index (χ4n) is 3.66. The van der Waals surface area contributed by atoms with Crippen LogP contribution in [0.2, 0.25) is 0 Å². The van der Waals surface area contributed by atoms with Gasteiger partial charge < -0.3 is 15.0 Å². The summed E-state index contributed by atoms with van der Waals surface area (Å²) < 4.78 is 48.5. The van der Waals surface area contributed by atoms with Crippen LogP contribution in [0.25, 0.3) is 10.9 Å². The van der Waals surface area contributed by atoms with Crippen molar-refractivity contribution in [1.29, 1.82) is 0 Å². The zero-order chi connectivity index (χ0) is 23.4. The van der Waals surface area contributed by atoms with E-state index in [0.717, 1.165) is 11.9 Å². The molecule has 4 rings (SSSR count). The van der Waals surface area contributed by atoms with E-state index < -0.39 is 17.6 Å². The van der Waals surface area contributed by atoms with E-state index in [9.17, 15) is 13.2 Å². The van der Waals surface area contributed by atoms with Crippen LogP contribution in [0, 0.1) is 5.92 Å². The Kier molecular flexibility index (Phi) is 6.53. The number of hydrogen-bond acceptors (Lipinski definition) is 4. The average molecular weight is 454 g/mol. The first-order valence-corrected chi connectivity index (χ1v) is 10.9. The Morgan fingerprint density at radius 3 is 2.52 bits per heavy atom. The van der Waals surface area contributed by atoms with E-state index in [0.29, 0.717) is 23.4 Å². The zero-order valence-corrected chi connectivity index (χ0v) is 18.4. The molecule has 33 heavy (non-hydrogen) atoms. The van der Waals surface area contributed by atoms with E-state index in [4.69, 9.17) is 4.74 Å². The Balaban J connectivity index is 1.80. The van der Waals surface area contributed by atoms with Crippen LogP contribution < -0.4 is 10.1 Å². The number of ether oxygens (including phenoxy) is 1. The second kappa shape index (κ2) is 9.52. The predicted molar refractivity (Wildman–Crippen MR) is 123 cm³/mol. The van der Waals surface area contributed by atoms with Crippen molar-refractivity contribution in [2.45, 2.75) is 39.3 Å². The van der Waals surface area contributed by atoms with Gasteiger partial charge in [-0.1, -0.05) is 44.5 Å². The van der Waals surface area contributed by atoms with Crippen LogP contribution in [0.15, 0.2) is 60.8 Å². The molecule has 0 radical (unpaired) electrons. The lowest BCUT2D eigenvalue weighted by atomic mass is 10.0. The molecule has 2 aromatic carbocycles. The van der Waals surface area contributed by atoms with Crippen LogP contribution >= 0.6 is 0 Å². The highest BCUT2D eigenvalue weighted by molar-refractivity contribution is 5.86. The van der Waals surface area contributed by atoms with Crippen molar-refractivity contribution in [2.24, 2.45) is 5.92 Å². The molecule has 0 spiro atoms. The number of rotatable bonds is 8. The van der Waals surface area contributed by atoms with E-state index >= 15 is 0 Å². The molecular formula is C25H25F3N4O. The molecule has 0 aliphatic heterocycles. The molecule has 0 atom stereocenters. The first kappa shape index (κ1) is 22.6. The van der Waals surface area contributed by atoms with Crippen molar-refractivity contribution in [1.82, 2.24) is 15.0 Å². The van der Waals surface area contributed by atoms with Crippen LogP contribution in [-0.4, -0.2) is 15.0 Å². The second-order valence-electron chi connectivity index (χ2n) is 8.25. The first-order chi connectivity index (χ1) is 15.8. The summed E-state index contributed by atoms with van der Waals surface area (Å²) in [6.45, 7) is 4.08. The van der Waals surface area contributed by atoms with E-state index in [1.807, 2.05) is 38.1 Å². The number of halogens is 3. The molecule has 0 saturated heterocycles. The van der Waals surface area contributed by atoms with Crippen LogP contribution in [0.4, 0.5) is 24.8 Å². The Hall–Kier alpha value is -3.55. The van der Waals surface area contributed by atoms with Crippen LogP contribution in [0.5, 0.6) is 11.6 Å². The largest absolute Gasteiger partial charge is 0.437 e. The number of aromatic nitrogens is 3. The summed E-state index contributed by atoms with van der Waals surface area (Å²) in [5, 5.41) is 3.67. The lowest BCUT2D eigenvalue weighted by Crippen LogP contribution is -2.16. The number of nitrogens with zero attached hydrogens (tertiary/aromatic N) is 2. The van der Waals surface area contributed by atoms with Crippen LogP contribution in [0.1, 0.15) is 37.9 Å². The van der Waals surface area contributed by atoms with Crippen molar-refractivity contribution in [3.63, 3.8) is 0 Å². The summed E-state index contributed by atoms with van der Waals surface area (Å²) in [5.41, 5.74) is 0.421. The number of anilines is 2. The third-order valence-corrected chi connectivity index (χ3v) is 5.22. The number of fused-ring (bicyclic) bond motifs is 1. The number of para-hydroxylation sites is 1. The third kappa shape index (κ3) is 5.45. The van der Waals surface area contributed by atoms with Gasteiger partial charge in [0.15, 0.2) is 0 Å². The van der Waals surface area contributed by atoms with Crippen molar-refractivity contribution in [3.05, 3.63) is 72.1 Å². The number of nitrogens with one attached hydrogen (secondary N) is 2. The standard InChI is InChI=1S/C25H25F3N4O/c1-16(2)8-6-12-20-22(25(26,27)28)23(32-24(31-20)30-17-9-4-3-5-10-17)33-21-13-7-11-19-18(21)14-15-29-19/h3-5,7,9-11,13-16,29H,6,8,12H2,1-2H3,(H,30,31,32). The van der Waals surface area contributed by atoms with E-state index in [1.54, 1.807) is 36.5 Å². The molecule has 0 fully saturated rings. The Morgan fingerprint density at radius 1 is 1.00 bits per heavy atom. The smallest absolute Gasteiger partial charge is 0.423 e. The quantitative estimate of drug-likeness (QED) is 0.289. The van der Waals surface area contributed by atoms with Gasteiger partial charge in [0.05, 0.1) is 5.69 Å². The van der Waals surface area contributed by atoms with Gasteiger partial charge in [-0.15, -0.1) is 0 Å². The maximum Gasteiger partial charge on any atom is 0.423 e. The van der Waals surface area contributed by atoms with E-state index in [2.05, 4.69) is 20.3 Å². The fraction of sp³-hybridized carbons (Fsp3) is 0.280. The Bertz CT molecular complexity index is 1220. The first-order valence-electron chi connectivity index (χ1n) is 10.9. The minimum Gasteiger partial charge on any atom is -0.437 e. The molecule has 5 nitrogen and oxygen atoms in total.